The van der Waals surface area contributed by atoms with Crippen LogP contribution < -0.4 is 19.6 Å². The average Bonchev–Trinajstić information content (AvgIpc) is 2.73. The monoisotopic (exact) mass is 415 g/mol. The van der Waals surface area contributed by atoms with Gasteiger partial charge in [-0.15, -0.1) is 0 Å². The van der Waals surface area contributed by atoms with Crippen molar-refractivity contribution in [1.82, 2.24) is 5.43 Å². The number of hydrogen-bond donors (Lipinski definition) is 1. The predicted octanol–water partition coefficient (Wildman–Crippen LogP) is 3.40. The summed E-state index contributed by atoms with van der Waals surface area (Å²) in [5.41, 5.74) is 4.53. The van der Waals surface area contributed by atoms with E-state index in [0.29, 0.717) is 12.2 Å². The summed E-state index contributed by atoms with van der Waals surface area (Å²) in [7, 11) is 4.45. The van der Waals surface area contributed by atoms with Gasteiger partial charge in [0.05, 0.1) is 44.1 Å². The molecule has 1 N–H and O–H groups in total. The van der Waals surface area contributed by atoms with Gasteiger partial charge in [0.2, 0.25) is 5.91 Å². The molecule has 2 aromatic rings. The molecule has 0 aliphatic carbocycles. The van der Waals surface area contributed by atoms with Crippen molar-refractivity contribution in [2.24, 2.45) is 5.10 Å². The fourth-order valence-electron chi connectivity index (χ4n) is 2.92. The van der Waals surface area contributed by atoms with E-state index in [1.54, 1.807) is 7.11 Å². The number of hydrogen-bond acceptors (Lipinski definition) is 7. The van der Waals surface area contributed by atoms with Gasteiger partial charge in [-0.1, -0.05) is 12.1 Å². The average molecular weight is 415 g/mol. The van der Waals surface area contributed by atoms with Gasteiger partial charge in [-0.3, -0.25) is 14.9 Å². The van der Waals surface area contributed by atoms with E-state index < -0.39 is 4.92 Å². The Kier molecular flexibility index (Phi) is 8.16. The molecule has 1 amide bonds. The summed E-state index contributed by atoms with van der Waals surface area (Å²) in [6, 6.07) is 8.59. The number of rotatable bonds is 10. The van der Waals surface area contributed by atoms with Gasteiger partial charge in [0.1, 0.15) is 5.75 Å². The summed E-state index contributed by atoms with van der Waals surface area (Å²) in [5, 5.41) is 15.1. The van der Waals surface area contributed by atoms with Gasteiger partial charge in [0, 0.05) is 6.42 Å². The Balaban J connectivity index is 1.94. The molecule has 0 aliphatic heterocycles. The lowest BCUT2D eigenvalue weighted by atomic mass is 10.1. The van der Waals surface area contributed by atoms with Gasteiger partial charge < -0.3 is 14.2 Å². The standard InChI is InChI=1S/C21H25N3O6/c1-14-10-15(8-9-18(14)28-2)6-5-7-21(25)23-22-13-16-11-19(29-3)20(30-4)12-17(16)24(26)27/h8-13H,5-7H2,1-4H3,(H,23,25). The van der Waals surface area contributed by atoms with Crippen molar-refractivity contribution >= 4 is 17.8 Å². The highest BCUT2D eigenvalue weighted by molar-refractivity contribution is 5.88. The molecule has 0 radical (unpaired) electrons. The highest BCUT2D eigenvalue weighted by atomic mass is 16.6. The third-order valence-corrected chi connectivity index (χ3v) is 4.45. The second-order valence-corrected chi connectivity index (χ2v) is 6.47. The highest BCUT2D eigenvalue weighted by Gasteiger charge is 2.18. The molecular weight excluding hydrogens is 390 g/mol. The lowest BCUT2D eigenvalue weighted by Crippen LogP contribution is -2.17. The van der Waals surface area contributed by atoms with Crippen molar-refractivity contribution in [2.45, 2.75) is 26.2 Å². The quantitative estimate of drug-likeness (QED) is 0.362. The van der Waals surface area contributed by atoms with Crippen molar-refractivity contribution in [3.05, 3.63) is 57.1 Å². The molecule has 9 nitrogen and oxygen atoms in total. The number of hydrazone groups is 1. The molecule has 2 aromatic carbocycles. The zero-order chi connectivity index (χ0) is 22.1. The zero-order valence-corrected chi connectivity index (χ0v) is 17.4. The predicted molar refractivity (Wildman–Crippen MR) is 113 cm³/mol. The Hall–Kier alpha value is -3.62. The molecule has 0 saturated carbocycles. The molecule has 0 spiro atoms. The SMILES string of the molecule is COc1ccc(CCCC(=O)NN=Cc2cc(OC)c(OC)cc2[N+](=O)[O-])cc1C. The van der Waals surface area contributed by atoms with E-state index in [2.05, 4.69) is 10.5 Å². The van der Waals surface area contributed by atoms with Crippen LogP contribution in [0.3, 0.4) is 0 Å². The van der Waals surface area contributed by atoms with Crippen molar-refractivity contribution < 1.29 is 23.9 Å². The Morgan fingerprint density at radius 2 is 1.77 bits per heavy atom. The summed E-state index contributed by atoms with van der Waals surface area (Å²) in [4.78, 5) is 22.7. The van der Waals surface area contributed by atoms with Gasteiger partial charge in [-0.05, 0) is 43.0 Å². The van der Waals surface area contributed by atoms with Crippen LogP contribution in [0.4, 0.5) is 5.69 Å². The highest BCUT2D eigenvalue weighted by Crippen LogP contribution is 2.33. The third kappa shape index (κ3) is 5.94. The molecule has 160 valence electrons. The molecule has 0 atom stereocenters. The van der Waals surface area contributed by atoms with Gasteiger partial charge >= 0.3 is 0 Å². The van der Waals surface area contributed by atoms with E-state index in [0.717, 1.165) is 23.3 Å². The molecular formula is C21H25N3O6. The van der Waals surface area contributed by atoms with E-state index in [1.807, 2.05) is 25.1 Å². The molecule has 0 saturated heterocycles. The lowest BCUT2D eigenvalue weighted by Gasteiger charge is -2.08. The van der Waals surface area contributed by atoms with Gasteiger partial charge in [0.15, 0.2) is 11.5 Å². The number of benzene rings is 2. The summed E-state index contributed by atoms with van der Waals surface area (Å²) in [6.07, 6.45) is 2.87. The van der Waals surface area contributed by atoms with Crippen molar-refractivity contribution in [3.8, 4) is 17.2 Å². The van der Waals surface area contributed by atoms with E-state index in [4.69, 9.17) is 14.2 Å². The van der Waals surface area contributed by atoms with Crippen LogP contribution >= 0.6 is 0 Å². The summed E-state index contributed by atoms with van der Waals surface area (Å²) in [6.45, 7) is 1.97. The molecule has 0 fully saturated rings. The fourth-order valence-corrected chi connectivity index (χ4v) is 2.92. The minimum Gasteiger partial charge on any atom is -0.496 e. The smallest absolute Gasteiger partial charge is 0.282 e. The first kappa shape index (κ1) is 22.7. The summed E-state index contributed by atoms with van der Waals surface area (Å²) < 4.78 is 15.5. The molecule has 0 unspecified atom stereocenters. The molecule has 0 aromatic heterocycles. The van der Waals surface area contributed by atoms with Crippen LogP contribution in [0.1, 0.15) is 29.5 Å². The number of carbonyl (C=O) groups is 1. The lowest BCUT2D eigenvalue weighted by molar-refractivity contribution is -0.385. The minimum absolute atomic E-state index is 0.187. The normalized spacial score (nSPS) is 10.7. The minimum atomic E-state index is -0.554. The first-order valence-electron chi connectivity index (χ1n) is 9.25. The maximum absolute atomic E-state index is 12.0. The van der Waals surface area contributed by atoms with Crippen LogP contribution in [0.5, 0.6) is 17.2 Å². The second-order valence-electron chi connectivity index (χ2n) is 6.47. The van der Waals surface area contributed by atoms with Gasteiger partial charge in [0.25, 0.3) is 5.69 Å². The molecule has 0 heterocycles. The fraction of sp³-hybridized carbons (Fsp3) is 0.333. The maximum atomic E-state index is 12.0. The zero-order valence-electron chi connectivity index (χ0n) is 17.4. The number of methoxy groups -OCH3 is 3. The first-order valence-corrected chi connectivity index (χ1v) is 9.25. The number of nitrogens with one attached hydrogen (secondary N) is 1. The Labute approximate surface area is 174 Å². The van der Waals surface area contributed by atoms with Crippen molar-refractivity contribution in [1.29, 1.82) is 0 Å². The van der Waals surface area contributed by atoms with Crippen LogP contribution in [0, 0.1) is 17.0 Å². The molecule has 30 heavy (non-hydrogen) atoms. The van der Waals surface area contributed by atoms with Crippen LogP contribution in [0.15, 0.2) is 35.4 Å². The number of ether oxygens (including phenoxy) is 3. The van der Waals surface area contributed by atoms with Crippen LogP contribution in [-0.2, 0) is 11.2 Å². The number of aryl methyl sites for hydroxylation is 2. The van der Waals surface area contributed by atoms with Gasteiger partial charge in [-0.25, -0.2) is 5.43 Å². The molecule has 0 aliphatic rings. The largest absolute Gasteiger partial charge is 0.496 e. The van der Waals surface area contributed by atoms with E-state index in [9.17, 15) is 14.9 Å². The van der Waals surface area contributed by atoms with E-state index >= 15 is 0 Å². The topological polar surface area (TPSA) is 112 Å². The molecule has 2 rings (SSSR count). The van der Waals surface area contributed by atoms with Gasteiger partial charge in [-0.2, -0.15) is 5.10 Å². The number of amides is 1. The van der Waals surface area contributed by atoms with Crippen molar-refractivity contribution in [2.75, 3.05) is 21.3 Å². The number of nitrogens with zero attached hydrogens (tertiary/aromatic N) is 2. The first-order chi connectivity index (χ1) is 14.4. The number of nitro benzene ring substituents is 1. The molecule has 9 heteroatoms. The maximum Gasteiger partial charge on any atom is 0.282 e. The second kappa shape index (κ2) is 10.8. The third-order valence-electron chi connectivity index (χ3n) is 4.45. The number of nitro groups is 1. The Bertz CT molecular complexity index is 943. The Morgan fingerprint density at radius 1 is 1.10 bits per heavy atom. The summed E-state index contributed by atoms with van der Waals surface area (Å²) in [5.74, 6) is 1.11. The van der Waals surface area contributed by atoms with E-state index in [1.165, 1.54) is 32.6 Å². The van der Waals surface area contributed by atoms with Crippen LogP contribution in [0.2, 0.25) is 0 Å². The van der Waals surface area contributed by atoms with E-state index in [-0.39, 0.29) is 29.3 Å². The summed E-state index contributed by atoms with van der Waals surface area (Å²) >= 11 is 0. The number of carbonyl (C=O) groups excluding carboxylic acids is 1. The van der Waals surface area contributed by atoms with Crippen LogP contribution in [0.25, 0.3) is 0 Å². The Morgan fingerprint density at radius 3 is 2.37 bits per heavy atom. The molecule has 0 bridgehead atoms. The van der Waals surface area contributed by atoms with Crippen LogP contribution in [-0.4, -0.2) is 38.4 Å². The van der Waals surface area contributed by atoms with Crippen molar-refractivity contribution in [3.63, 3.8) is 0 Å².